The van der Waals surface area contributed by atoms with Crippen LogP contribution in [0, 0.1) is 13.8 Å². The summed E-state index contributed by atoms with van der Waals surface area (Å²) >= 11 is 0. The number of aliphatic carboxylic acids is 1. The predicted octanol–water partition coefficient (Wildman–Crippen LogP) is 7.69. The van der Waals surface area contributed by atoms with Crippen LogP contribution in [0.2, 0.25) is 0 Å². The Morgan fingerprint density at radius 1 is 0.605 bits per heavy atom. The summed E-state index contributed by atoms with van der Waals surface area (Å²) in [5.41, 5.74) is 1.37. The Morgan fingerprint density at radius 2 is 0.947 bits per heavy atom. The SMILES string of the molecule is CCCCCCCCCCCCCCCC(=O)[O-].CCc1ccc(C(=O)[O-])cc1.[CH2]CCC.[CH2]CCC.[Sn+2]. The summed E-state index contributed by atoms with van der Waals surface area (Å²) in [6.07, 6.45) is 22.4. The first-order valence-corrected chi connectivity index (χ1v) is 14.9. The summed E-state index contributed by atoms with van der Waals surface area (Å²) < 4.78 is 0. The topological polar surface area (TPSA) is 80.3 Å². The van der Waals surface area contributed by atoms with E-state index in [2.05, 4.69) is 34.6 Å². The minimum atomic E-state index is -1.12. The molecule has 0 saturated carbocycles. The van der Waals surface area contributed by atoms with Crippen molar-refractivity contribution in [3.63, 3.8) is 0 Å². The number of benzene rings is 1. The number of unbranched alkanes of at least 4 members (excludes halogenated alkanes) is 14. The quantitative estimate of drug-likeness (QED) is 0.122. The average Bonchev–Trinajstić information content (AvgIpc) is 2.91. The molecule has 0 fully saturated rings. The van der Waals surface area contributed by atoms with Gasteiger partial charge in [0.1, 0.15) is 0 Å². The van der Waals surface area contributed by atoms with Gasteiger partial charge in [0.25, 0.3) is 0 Å². The van der Waals surface area contributed by atoms with E-state index in [4.69, 9.17) is 0 Å². The predicted molar refractivity (Wildman–Crippen MR) is 162 cm³/mol. The first-order chi connectivity index (χ1) is 17.8. The molecule has 0 aliphatic heterocycles. The summed E-state index contributed by atoms with van der Waals surface area (Å²) in [4.78, 5) is 20.5. The number of carboxylic acid groups (broad SMARTS) is 2. The second-order valence-corrected chi connectivity index (χ2v) is 9.41. The van der Waals surface area contributed by atoms with Crippen molar-refractivity contribution in [2.24, 2.45) is 0 Å². The number of carboxylic acids is 2. The van der Waals surface area contributed by atoms with Crippen LogP contribution in [0.4, 0.5) is 0 Å². The molecule has 1 aromatic rings. The van der Waals surface area contributed by atoms with E-state index >= 15 is 0 Å². The largest absolute Gasteiger partial charge is 2.00 e. The summed E-state index contributed by atoms with van der Waals surface area (Å²) in [7, 11) is 0. The molecular weight excluding hydrogens is 579 g/mol. The molecule has 4 nitrogen and oxygen atoms in total. The van der Waals surface area contributed by atoms with Crippen LogP contribution in [-0.4, -0.2) is 35.8 Å². The maximum absolute atomic E-state index is 10.3. The number of hydrogen-bond acceptors (Lipinski definition) is 4. The zero-order valence-corrected chi connectivity index (χ0v) is 28.1. The number of hydrogen-bond donors (Lipinski definition) is 0. The van der Waals surface area contributed by atoms with Crippen molar-refractivity contribution in [1.82, 2.24) is 0 Å². The van der Waals surface area contributed by atoms with Crippen LogP contribution in [0.1, 0.15) is 159 Å². The molecule has 1 rings (SSSR count). The van der Waals surface area contributed by atoms with Gasteiger partial charge in [-0.1, -0.05) is 169 Å². The van der Waals surface area contributed by atoms with E-state index in [0.29, 0.717) is 0 Å². The van der Waals surface area contributed by atoms with E-state index in [1.165, 1.54) is 83.5 Å². The van der Waals surface area contributed by atoms with E-state index in [-0.39, 0.29) is 35.9 Å². The van der Waals surface area contributed by atoms with Crippen molar-refractivity contribution in [3.05, 3.63) is 49.2 Å². The van der Waals surface area contributed by atoms with E-state index < -0.39 is 11.9 Å². The van der Waals surface area contributed by atoms with Gasteiger partial charge in [-0.05, 0) is 30.4 Å². The van der Waals surface area contributed by atoms with Gasteiger partial charge in [0, 0.05) is 5.97 Å². The molecule has 218 valence electrons. The van der Waals surface area contributed by atoms with Gasteiger partial charge < -0.3 is 19.8 Å². The van der Waals surface area contributed by atoms with Crippen LogP contribution in [-0.2, 0) is 11.2 Å². The van der Waals surface area contributed by atoms with E-state index in [9.17, 15) is 19.8 Å². The molecular formula is C33H58O4Sn. The third kappa shape index (κ3) is 39.5. The molecule has 1 aromatic carbocycles. The van der Waals surface area contributed by atoms with Gasteiger partial charge in [-0.3, -0.25) is 0 Å². The Balaban J connectivity index is -0.000000244. The molecule has 0 aliphatic rings. The first kappa shape index (κ1) is 44.0. The fourth-order valence-corrected chi connectivity index (χ4v) is 3.16. The second kappa shape index (κ2) is 38.1. The normalized spacial score (nSPS) is 9.42. The fraction of sp³-hybridized carbons (Fsp3) is 0.697. The van der Waals surface area contributed by atoms with Crippen molar-refractivity contribution in [2.75, 3.05) is 0 Å². The molecule has 38 heavy (non-hydrogen) atoms. The monoisotopic (exact) mass is 638 g/mol. The molecule has 0 aliphatic carbocycles. The van der Waals surface area contributed by atoms with Gasteiger partial charge in [-0.25, -0.2) is 0 Å². The van der Waals surface area contributed by atoms with E-state index in [1.54, 1.807) is 24.3 Å². The summed E-state index contributed by atoms with van der Waals surface area (Å²) in [6.45, 7) is 15.7. The summed E-state index contributed by atoms with van der Waals surface area (Å²) in [5, 5.41) is 20.5. The molecule has 0 spiro atoms. The molecule has 0 saturated heterocycles. The Bertz CT molecular complexity index is 579. The maximum atomic E-state index is 10.3. The number of rotatable bonds is 18. The Kier molecular flexibility index (Phi) is 44.1. The molecule has 0 atom stereocenters. The molecule has 0 heterocycles. The van der Waals surface area contributed by atoms with Crippen LogP contribution in [0.15, 0.2) is 24.3 Å². The third-order valence-corrected chi connectivity index (χ3v) is 5.79. The van der Waals surface area contributed by atoms with Crippen LogP contribution in [0.3, 0.4) is 0 Å². The van der Waals surface area contributed by atoms with Gasteiger partial charge in [0.2, 0.25) is 0 Å². The molecule has 4 radical (unpaired) electrons. The number of carbonyl (C=O) groups excluding carboxylic acids is 2. The third-order valence-electron chi connectivity index (χ3n) is 5.79. The van der Waals surface area contributed by atoms with Crippen molar-refractivity contribution < 1.29 is 19.8 Å². The molecule has 0 N–H and O–H groups in total. The zero-order valence-electron chi connectivity index (χ0n) is 25.3. The molecule has 0 aromatic heterocycles. The Hall–Kier alpha value is -1.04. The van der Waals surface area contributed by atoms with Crippen LogP contribution in [0.5, 0.6) is 0 Å². The van der Waals surface area contributed by atoms with Crippen molar-refractivity contribution in [1.29, 1.82) is 0 Å². The van der Waals surface area contributed by atoms with Crippen molar-refractivity contribution >= 4 is 35.8 Å². The molecule has 5 heteroatoms. The zero-order chi connectivity index (χ0) is 28.6. The minimum Gasteiger partial charge on any atom is -0.550 e. The molecule has 0 amide bonds. The average molecular weight is 638 g/mol. The van der Waals surface area contributed by atoms with Crippen molar-refractivity contribution in [3.8, 4) is 0 Å². The second-order valence-electron chi connectivity index (χ2n) is 9.41. The Labute approximate surface area is 253 Å². The first-order valence-electron chi connectivity index (χ1n) is 14.9. The maximum Gasteiger partial charge on any atom is 2.00 e. The standard InChI is InChI=1S/C16H32O2.C9H10O2.2C4H9.Sn/c1-2-3-4-5-6-7-8-9-10-11-12-13-14-15-16(17)18;1-2-7-3-5-8(6-4-7)9(10)11;2*1-3-4-2;/h2-15H2,1H3,(H,17,18);3-6H,2H2,1H3,(H,10,11);2*1,3-4H2,2H3;/q;;;;+2/p-2. The minimum absolute atomic E-state index is 0. The summed E-state index contributed by atoms with van der Waals surface area (Å²) in [6, 6.07) is 6.72. The Morgan fingerprint density at radius 3 is 1.21 bits per heavy atom. The molecule has 0 unspecified atom stereocenters. The molecule has 0 bridgehead atoms. The van der Waals surface area contributed by atoms with Crippen LogP contribution < -0.4 is 10.2 Å². The fourth-order valence-electron chi connectivity index (χ4n) is 3.16. The van der Waals surface area contributed by atoms with Gasteiger partial charge in [0.05, 0.1) is 5.97 Å². The van der Waals surface area contributed by atoms with Crippen LogP contribution in [0.25, 0.3) is 0 Å². The van der Waals surface area contributed by atoms with Gasteiger partial charge >= 0.3 is 23.9 Å². The van der Waals surface area contributed by atoms with Gasteiger partial charge in [0.15, 0.2) is 0 Å². The van der Waals surface area contributed by atoms with Crippen LogP contribution >= 0.6 is 0 Å². The number of aryl methyl sites for hydroxylation is 1. The van der Waals surface area contributed by atoms with Crippen molar-refractivity contribution in [2.45, 2.75) is 150 Å². The number of aromatic carboxylic acids is 1. The van der Waals surface area contributed by atoms with Gasteiger partial charge in [-0.2, -0.15) is 0 Å². The van der Waals surface area contributed by atoms with Gasteiger partial charge in [-0.15, -0.1) is 0 Å². The number of carbonyl (C=O) groups is 2. The van der Waals surface area contributed by atoms with E-state index in [0.717, 1.165) is 37.7 Å². The summed E-state index contributed by atoms with van der Waals surface area (Å²) in [5.74, 6) is -2.02. The van der Waals surface area contributed by atoms with E-state index in [1.807, 2.05) is 6.92 Å². The smallest absolute Gasteiger partial charge is 0.550 e.